The lowest BCUT2D eigenvalue weighted by Gasteiger charge is -2.13. The molecule has 0 fully saturated rings. The highest BCUT2D eigenvalue weighted by Gasteiger charge is 2.07. The zero-order chi connectivity index (χ0) is 12.8. The molecule has 0 bridgehead atoms. The summed E-state index contributed by atoms with van der Waals surface area (Å²) >= 11 is 0. The van der Waals surface area contributed by atoms with Crippen LogP contribution in [0.3, 0.4) is 0 Å². The topological polar surface area (TPSA) is 63.8 Å². The Labute approximate surface area is 104 Å². The monoisotopic (exact) mass is 236 g/mol. The molecular formula is C13H24N4. The van der Waals surface area contributed by atoms with E-state index in [0.717, 1.165) is 36.8 Å². The highest BCUT2D eigenvalue weighted by atomic mass is 15.0. The van der Waals surface area contributed by atoms with Crippen LogP contribution in [0.15, 0.2) is 6.07 Å². The molecule has 0 aromatic carbocycles. The summed E-state index contributed by atoms with van der Waals surface area (Å²) in [6.45, 7) is 10.1. The molecule has 96 valence electrons. The predicted molar refractivity (Wildman–Crippen MR) is 72.2 cm³/mol. The number of hydrogen-bond acceptors (Lipinski definition) is 4. The first-order valence-electron chi connectivity index (χ1n) is 6.32. The van der Waals surface area contributed by atoms with Gasteiger partial charge in [-0.2, -0.15) is 0 Å². The third kappa shape index (κ3) is 4.69. The minimum absolute atomic E-state index is 0.358. The summed E-state index contributed by atoms with van der Waals surface area (Å²) < 4.78 is 0. The molecule has 1 aromatic rings. The van der Waals surface area contributed by atoms with Crippen molar-refractivity contribution in [1.29, 1.82) is 0 Å². The maximum atomic E-state index is 5.53. The number of aryl methyl sites for hydroxylation is 1. The van der Waals surface area contributed by atoms with Crippen molar-refractivity contribution >= 4 is 5.82 Å². The van der Waals surface area contributed by atoms with Crippen LogP contribution in [0, 0.1) is 12.8 Å². The molecule has 1 unspecified atom stereocenters. The van der Waals surface area contributed by atoms with E-state index in [1.165, 1.54) is 0 Å². The standard InChI is InChI=1S/C13H24N4/c1-9(2)13-16-11(4)7-12(17-13)15-8-10(3)5-6-14/h7,9-10H,5-6,8,14H2,1-4H3,(H,15,16,17). The minimum Gasteiger partial charge on any atom is -0.370 e. The molecule has 3 N–H and O–H groups in total. The second-order valence-electron chi connectivity index (χ2n) is 4.97. The van der Waals surface area contributed by atoms with E-state index in [1.54, 1.807) is 0 Å². The lowest BCUT2D eigenvalue weighted by atomic mass is 10.1. The van der Waals surface area contributed by atoms with Gasteiger partial charge in [-0.15, -0.1) is 0 Å². The average Bonchev–Trinajstić information content (AvgIpc) is 2.26. The second-order valence-corrected chi connectivity index (χ2v) is 4.97. The van der Waals surface area contributed by atoms with Crippen LogP contribution in [0.1, 0.15) is 44.6 Å². The fourth-order valence-corrected chi connectivity index (χ4v) is 1.61. The Morgan fingerprint density at radius 1 is 1.29 bits per heavy atom. The molecule has 4 nitrogen and oxygen atoms in total. The van der Waals surface area contributed by atoms with Gasteiger partial charge >= 0.3 is 0 Å². The van der Waals surface area contributed by atoms with Crippen molar-refractivity contribution < 1.29 is 0 Å². The molecule has 1 rings (SSSR count). The van der Waals surface area contributed by atoms with Crippen molar-refractivity contribution in [3.8, 4) is 0 Å². The van der Waals surface area contributed by atoms with E-state index < -0.39 is 0 Å². The number of hydrogen-bond donors (Lipinski definition) is 2. The van der Waals surface area contributed by atoms with Crippen LogP contribution in [0.5, 0.6) is 0 Å². The third-order valence-corrected chi connectivity index (χ3v) is 2.68. The first-order valence-corrected chi connectivity index (χ1v) is 6.32. The van der Waals surface area contributed by atoms with Gasteiger partial charge in [0.1, 0.15) is 11.6 Å². The Hall–Kier alpha value is -1.16. The maximum Gasteiger partial charge on any atom is 0.133 e. The summed E-state index contributed by atoms with van der Waals surface area (Å²) in [5.74, 6) is 2.75. The van der Waals surface area contributed by atoms with E-state index in [4.69, 9.17) is 5.73 Å². The summed E-state index contributed by atoms with van der Waals surface area (Å²) in [6.07, 6.45) is 1.04. The quantitative estimate of drug-likeness (QED) is 0.795. The summed E-state index contributed by atoms with van der Waals surface area (Å²) in [5, 5.41) is 3.36. The third-order valence-electron chi connectivity index (χ3n) is 2.68. The van der Waals surface area contributed by atoms with Crippen LogP contribution in [0.2, 0.25) is 0 Å². The number of nitrogens with two attached hydrogens (primary N) is 1. The zero-order valence-electron chi connectivity index (χ0n) is 11.3. The SMILES string of the molecule is Cc1cc(NCC(C)CCN)nc(C(C)C)n1. The van der Waals surface area contributed by atoms with E-state index in [-0.39, 0.29) is 0 Å². The van der Waals surface area contributed by atoms with Crippen molar-refractivity contribution in [2.75, 3.05) is 18.4 Å². The Balaban J connectivity index is 2.64. The van der Waals surface area contributed by atoms with E-state index >= 15 is 0 Å². The maximum absolute atomic E-state index is 5.53. The van der Waals surface area contributed by atoms with Gasteiger partial charge in [0.25, 0.3) is 0 Å². The Morgan fingerprint density at radius 3 is 2.59 bits per heavy atom. The first-order chi connectivity index (χ1) is 8.02. The molecule has 0 aliphatic heterocycles. The minimum atomic E-state index is 0.358. The molecule has 0 amide bonds. The van der Waals surface area contributed by atoms with Gasteiger partial charge in [0.15, 0.2) is 0 Å². The number of rotatable bonds is 6. The summed E-state index contributed by atoms with van der Waals surface area (Å²) in [7, 11) is 0. The zero-order valence-corrected chi connectivity index (χ0v) is 11.3. The van der Waals surface area contributed by atoms with Crippen LogP contribution in [0.4, 0.5) is 5.82 Å². The average molecular weight is 236 g/mol. The summed E-state index contributed by atoms with van der Waals surface area (Å²) in [4.78, 5) is 8.94. The van der Waals surface area contributed by atoms with Crippen molar-refractivity contribution in [2.45, 2.75) is 40.0 Å². The molecule has 17 heavy (non-hydrogen) atoms. The molecular weight excluding hydrogens is 212 g/mol. The van der Waals surface area contributed by atoms with E-state index in [2.05, 4.69) is 36.1 Å². The lowest BCUT2D eigenvalue weighted by molar-refractivity contribution is 0.567. The van der Waals surface area contributed by atoms with Crippen LogP contribution < -0.4 is 11.1 Å². The van der Waals surface area contributed by atoms with Crippen LogP contribution >= 0.6 is 0 Å². The summed E-state index contributed by atoms with van der Waals surface area (Å²) in [5.41, 5.74) is 6.54. The van der Waals surface area contributed by atoms with Gasteiger partial charge in [-0.05, 0) is 25.8 Å². The largest absolute Gasteiger partial charge is 0.370 e. The fourth-order valence-electron chi connectivity index (χ4n) is 1.61. The number of aromatic nitrogens is 2. The van der Waals surface area contributed by atoms with Crippen LogP contribution in [-0.4, -0.2) is 23.1 Å². The Bertz CT molecular complexity index is 349. The molecule has 1 aromatic heterocycles. The van der Waals surface area contributed by atoms with Gasteiger partial charge < -0.3 is 11.1 Å². The number of nitrogens with one attached hydrogen (secondary N) is 1. The molecule has 1 atom stereocenters. The molecule has 1 heterocycles. The number of nitrogens with zero attached hydrogens (tertiary/aromatic N) is 2. The molecule has 4 heteroatoms. The van der Waals surface area contributed by atoms with Crippen molar-refractivity contribution in [3.63, 3.8) is 0 Å². The molecule has 0 saturated carbocycles. The molecule has 0 radical (unpaired) electrons. The molecule has 0 aliphatic rings. The van der Waals surface area contributed by atoms with Gasteiger partial charge in [-0.3, -0.25) is 0 Å². The molecule has 0 spiro atoms. The Morgan fingerprint density at radius 2 is 2.00 bits per heavy atom. The molecule has 0 aliphatic carbocycles. The van der Waals surface area contributed by atoms with Crippen LogP contribution in [0.25, 0.3) is 0 Å². The van der Waals surface area contributed by atoms with Crippen molar-refractivity contribution in [3.05, 3.63) is 17.6 Å². The molecule has 0 saturated heterocycles. The fraction of sp³-hybridized carbons (Fsp3) is 0.692. The van der Waals surface area contributed by atoms with Gasteiger partial charge in [0.05, 0.1) is 0 Å². The lowest BCUT2D eigenvalue weighted by Crippen LogP contribution is -2.16. The normalized spacial score (nSPS) is 12.8. The Kier molecular flexibility index (Phi) is 5.35. The van der Waals surface area contributed by atoms with E-state index in [9.17, 15) is 0 Å². The van der Waals surface area contributed by atoms with Crippen LogP contribution in [-0.2, 0) is 0 Å². The summed E-state index contributed by atoms with van der Waals surface area (Å²) in [6, 6.07) is 1.99. The van der Waals surface area contributed by atoms with E-state index in [0.29, 0.717) is 11.8 Å². The van der Waals surface area contributed by atoms with Gasteiger partial charge in [-0.1, -0.05) is 20.8 Å². The van der Waals surface area contributed by atoms with Gasteiger partial charge in [0, 0.05) is 24.2 Å². The van der Waals surface area contributed by atoms with Gasteiger partial charge in [0.2, 0.25) is 0 Å². The van der Waals surface area contributed by atoms with E-state index in [1.807, 2.05) is 13.0 Å². The first kappa shape index (κ1) is 13.9. The second kappa shape index (κ2) is 6.55. The van der Waals surface area contributed by atoms with Crippen molar-refractivity contribution in [2.24, 2.45) is 11.7 Å². The predicted octanol–water partition coefficient (Wildman–Crippen LogP) is 2.31. The van der Waals surface area contributed by atoms with Crippen molar-refractivity contribution in [1.82, 2.24) is 9.97 Å². The highest BCUT2D eigenvalue weighted by molar-refractivity contribution is 5.36. The van der Waals surface area contributed by atoms with Gasteiger partial charge in [-0.25, -0.2) is 9.97 Å². The smallest absolute Gasteiger partial charge is 0.133 e. The highest BCUT2D eigenvalue weighted by Crippen LogP contribution is 2.14. The number of anilines is 1.